The number of hydrogen-bond acceptors (Lipinski definition) is 2. The van der Waals surface area contributed by atoms with Gasteiger partial charge in [0.2, 0.25) is 0 Å². The zero-order chi connectivity index (χ0) is 14.1. The smallest absolute Gasteiger partial charge is 0.199 e. The molecule has 0 saturated heterocycles. The van der Waals surface area contributed by atoms with E-state index in [1.54, 1.807) is 0 Å². The Hall–Kier alpha value is -0.970. The van der Waals surface area contributed by atoms with Crippen LogP contribution in [0.5, 0.6) is 0 Å². The second-order valence-corrected chi connectivity index (χ2v) is 6.44. The fourth-order valence-corrected chi connectivity index (χ4v) is 3.05. The van der Waals surface area contributed by atoms with Crippen LogP contribution in [0.1, 0.15) is 5.56 Å². The van der Waals surface area contributed by atoms with E-state index in [2.05, 4.69) is 37.2 Å². The highest BCUT2D eigenvalue weighted by Crippen LogP contribution is 2.32. The second kappa shape index (κ2) is 5.80. The van der Waals surface area contributed by atoms with E-state index in [1.807, 2.05) is 42.5 Å². The summed E-state index contributed by atoms with van der Waals surface area (Å²) in [4.78, 5) is 0. The van der Waals surface area contributed by atoms with Crippen molar-refractivity contribution in [2.24, 2.45) is 0 Å². The molecule has 0 aliphatic rings. The average Bonchev–Trinajstić information content (AvgIpc) is 2.75. The maximum Gasteiger partial charge on any atom is 0.199 e. The first-order chi connectivity index (χ1) is 9.65. The minimum atomic E-state index is 0.435. The van der Waals surface area contributed by atoms with Crippen LogP contribution in [-0.4, -0.2) is 0 Å². The minimum absolute atomic E-state index is 0.435. The van der Waals surface area contributed by atoms with Crippen LogP contribution in [0.15, 0.2) is 55.8 Å². The van der Waals surface area contributed by atoms with Gasteiger partial charge in [-0.15, -0.1) is 0 Å². The van der Waals surface area contributed by atoms with E-state index in [-0.39, 0.29) is 0 Å². The Morgan fingerprint density at radius 3 is 2.75 bits per heavy atom. The van der Waals surface area contributed by atoms with E-state index in [4.69, 9.17) is 16.0 Å². The Kier molecular flexibility index (Phi) is 4.06. The molecule has 3 aromatic rings. The van der Waals surface area contributed by atoms with Crippen LogP contribution < -0.4 is 5.32 Å². The van der Waals surface area contributed by atoms with Crippen molar-refractivity contribution in [3.8, 4) is 0 Å². The van der Waals surface area contributed by atoms with Gasteiger partial charge in [0, 0.05) is 32.1 Å². The SMILES string of the molecule is Clc1oc2ccccc2c1CNc1cc(Br)ccc1Br. The molecule has 1 N–H and O–H groups in total. The molecule has 5 heteroatoms. The molecule has 1 heterocycles. The number of furan rings is 1. The van der Waals surface area contributed by atoms with Gasteiger partial charge in [0.15, 0.2) is 5.22 Å². The highest BCUT2D eigenvalue weighted by atomic mass is 79.9. The Morgan fingerprint density at radius 2 is 1.90 bits per heavy atom. The van der Waals surface area contributed by atoms with Crippen molar-refractivity contribution in [2.45, 2.75) is 6.54 Å². The molecule has 3 rings (SSSR count). The first-order valence-corrected chi connectivity index (χ1v) is 7.96. The molecular formula is C15H10Br2ClNO. The van der Waals surface area contributed by atoms with Gasteiger partial charge >= 0.3 is 0 Å². The van der Waals surface area contributed by atoms with Gasteiger partial charge < -0.3 is 9.73 Å². The summed E-state index contributed by atoms with van der Waals surface area (Å²) in [7, 11) is 0. The maximum absolute atomic E-state index is 6.18. The summed E-state index contributed by atoms with van der Waals surface area (Å²) >= 11 is 13.2. The van der Waals surface area contributed by atoms with Gasteiger partial charge in [-0.2, -0.15) is 0 Å². The molecule has 2 nitrogen and oxygen atoms in total. The number of halogens is 3. The van der Waals surface area contributed by atoms with Crippen molar-refractivity contribution in [1.29, 1.82) is 0 Å². The van der Waals surface area contributed by atoms with Crippen molar-refractivity contribution in [2.75, 3.05) is 5.32 Å². The first kappa shape index (κ1) is 14.0. The number of nitrogens with one attached hydrogen (secondary N) is 1. The van der Waals surface area contributed by atoms with Crippen molar-refractivity contribution in [3.05, 3.63) is 62.2 Å². The lowest BCUT2D eigenvalue weighted by atomic mass is 10.2. The van der Waals surface area contributed by atoms with Crippen molar-refractivity contribution in [1.82, 2.24) is 0 Å². The maximum atomic E-state index is 6.18. The molecule has 0 fully saturated rings. The predicted octanol–water partition coefficient (Wildman–Crippen LogP) is 6.22. The molecule has 102 valence electrons. The van der Waals surface area contributed by atoms with Gasteiger partial charge in [0.25, 0.3) is 0 Å². The number of anilines is 1. The van der Waals surface area contributed by atoms with Gasteiger partial charge in [0.05, 0.1) is 0 Å². The lowest BCUT2D eigenvalue weighted by Crippen LogP contribution is -2.00. The van der Waals surface area contributed by atoms with Gasteiger partial charge in [-0.1, -0.05) is 34.1 Å². The number of benzene rings is 2. The van der Waals surface area contributed by atoms with E-state index in [0.29, 0.717) is 11.8 Å². The monoisotopic (exact) mass is 413 g/mol. The van der Waals surface area contributed by atoms with Crippen molar-refractivity contribution >= 4 is 60.1 Å². The van der Waals surface area contributed by atoms with Crippen LogP contribution in [0.25, 0.3) is 11.0 Å². The van der Waals surface area contributed by atoms with Crippen LogP contribution in [0, 0.1) is 0 Å². The van der Waals surface area contributed by atoms with Crippen LogP contribution in [0.3, 0.4) is 0 Å². The van der Waals surface area contributed by atoms with Crippen LogP contribution >= 0.6 is 43.5 Å². The average molecular weight is 416 g/mol. The molecule has 20 heavy (non-hydrogen) atoms. The van der Waals surface area contributed by atoms with E-state index < -0.39 is 0 Å². The largest absolute Gasteiger partial charge is 0.444 e. The molecule has 0 bridgehead atoms. The molecular weight excluding hydrogens is 405 g/mol. The molecule has 0 atom stereocenters. The summed E-state index contributed by atoms with van der Waals surface area (Å²) in [6.45, 7) is 0.602. The topological polar surface area (TPSA) is 25.2 Å². The lowest BCUT2D eigenvalue weighted by Gasteiger charge is -2.08. The molecule has 0 aliphatic carbocycles. The molecule has 0 unspecified atom stereocenters. The minimum Gasteiger partial charge on any atom is -0.444 e. The Balaban J connectivity index is 1.90. The van der Waals surface area contributed by atoms with Crippen molar-refractivity contribution in [3.63, 3.8) is 0 Å². The lowest BCUT2D eigenvalue weighted by molar-refractivity contribution is 0.613. The molecule has 0 amide bonds. The fraction of sp³-hybridized carbons (Fsp3) is 0.0667. The fourth-order valence-electron chi connectivity index (χ4n) is 2.05. The van der Waals surface area contributed by atoms with Crippen LogP contribution in [0.2, 0.25) is 5.22 Å². The third-order valence-electron chi connectivity index (χ3n) is 3.03. The zero-order valence-corrected chi connectivity index (χ0v) is 14.2. The standard InChI is InChI=1S/C15H10Br2ClNO/c16-9-5-6-12(17)13(7-9)19-8-11-10-3-1-2-4-14(10)20-15(11)18/h1-7,19H,8H2. The number of para-hydroxylation sites is 1. The van der Waals surface area contributed by atoms with Crippen LogP contribution in [-0.2, 0) is 6.54 Å². The molecule has 0 aliphatic heterocycles. The van der Waals surface area contributed by atoms with E-state index in [1.165, 1.54) is 0 Å². The summed E-state index contributed by atoms with van der Waals surface area (Å²) in [6, 6.07) is 13.8. The normalized spacial score (nSPS) is 10.9. The highest BCUT2D eigenvalue weighted by molar-refractivity contribution is 9.11. The zero-order valence-electron chi connectivity index (χ0n) is 10.3. The Morgan fingerprint density at radius 1 is 1.10 bits per heavy atom. The van der Waals surface area contributed by atoms with Crippen LogP contribution in [0.4, 0.5) is 5.69 Å². The second-order valence-electron chi connectivity index (χ2n) is 4.33. The van der Waals surface area contributed by atoms with E-state index in [9.17, 15) is 0 Å². The Bertz CT molecular complexity index is 770. The van der Waals surface area contributed by atoms with Gasteiger partial charge in [0.1, 0.15) is 5.58 Å². The molecule has 0 radical (unpaired) electrons. The summed E-state index contributed by atoms with van der Waals surface area (Å²) in [5.41, 5.74) is 2.78. The van der Waals surface area contributed by atoms with Crippen molar-refractivity contribution < 1.29 is 4.42 Å². The molecule has 0 saturated carbocycles. The van der Waals surface area contributed by atoms with E-state index in [0.717, 1.165) is 31.2 Å². The number of rotatable bonds is 3. The summed E-state index contributed by atoms with van der Waals surface area (Å²) in [5, 5.41) is 4.84. The number of fused-ring (bicyclic) bond motifs is 1. The summed E-state index contributed by atoms with van der Waals surface area (Å²) in [5.74, 6) is 0. The first-order valence-electron chi connectivity index (χ1n) is 6.00. The van der Waals surface area contributed by atoms with Gasteiger partial charge in [-0.05, 0) is 51.8 Å². The van der Waals surface area contributed by atoms with E-state index >= 15 is 0 Å². The predicted molar refractivity (Wildman–Crippen MR) is 90.4 cm³/mol. The quantitative estimate of drug-likeness (QED) is 0.549. The molecule has 1 aromatic heterocycles. The number of hydrogen-bond donors (Lipinski definition) is 1. The third kappa shape index (κ3) is 2.73. The third-order valence-corrected chi connectivity index (χ3v) is 4.52. The summed E-state index contributed by atoms with van der Waals surface area (Å²) in [6.07, 6.45) is 0. The van der Waals surface area contributed by atoms with Gasteiger partial charge in [-0.25, -0.2) is 0 Å². The summed E-state index contributed by atoms with van der Waals surface area (Å²) < 4.78 is 7.57. The molecule has 2 aromatic carbocycles. The molecule has 0 spiro atoms. The highest BCUT2D eigenvalue weighted by Gasteiger charge is 2.12. The van der Waals surface area contributed by atoms with Gasteiger partial charge in [-0.3, -0.25) is 0 Å². The Labute approximate surface area is 138 Å².